The first-order valence-electron chi connectivity index (χ1n) is 10.3. The lowest BCUT2D eigenvalue weighted by Gasteiger charge is -2.13. The SMILES string of the molecule is CNc1c(-c2ccc(-c3ccc(C4(C(=O)OC)CC4)cc3)cc2)oc2ccc(F)cc12. The van der Waals surface area contributed by atoms with E-state index >= 15 is 0 Å². The normalized spacial score (nSPS) is 14.4. The summed E-state index contributed by atoms with van der Waals surface area (Å²) in [5.74, 6) is 0.227. The Morgan fingerprint density at radius 2 is 1.58 bits per heavy atom. The summed E-state index contributed by atoms with van der Waals surface area (Å²) in [5, 5.41) is 3.85. The van der Waals surface area contributed by atoms with Crippen molar-refractivity contribution >= 4 is 22.6 Å². The fourth-order valence-electron chi connectivity index (χ4n) is 4.25. The van der Waals surface area contributed by atoms with E-state index < -0.39 is 5.41 Å². The molecule has 0 saturated heterocycles. The first kappa shape index (κ1) is 19.4. The zero-order chi connectivity index (χ0) is 21.6. The Labute approximate surface area is 179 Å². The number of furan rings is 1. The van der Waals surface area contributed by atoms with Crippen molar-refractivity contribution in [2.24, 2.45) is 0 Å². The molecule has 1 aliphatic carbocycles. The summed E-state index contributed by atoms with van der Waals surface area (Å²) in [6.07, 6.45) is 1.67. The average molecular weight is 415 g/mol. The van der Waals surface area contributed by atoms with Crippen LogP contribution in [0.3, 0.4) is 0 Å². The number of esters is 1. The van der Waals surface area contributed by atoms with E-state index in [-0.39, 0.29) is 11.8 Å². The predicted octanol–water partition coefficient (Wildman–Crippen LogP) is 6.15. The van der Waals surface area contributed by atoms with Crippen LogP contribution in [0.1, 0.15) is 18.4 Å². The topological polar surface area (TPSA) is 51.5 Å². The Hall–Kier alpha value is -3.60. The van der Waals surface area contributed by atoms with Gasteiger partial charge in [-0.25, -0.2) is 4.39 Å². The van der Waals surface area contributed by atoms with Crippen LogP contribution in [-0.2, 0) is 14.9 Å². The Kier molecular flexibility index (Phi) is 4.54. The van der Waals surface area contributed by atoms with E-state index in [4.69, 9.17) is 9.15 Å². The molecule has 1 heterocycles. The zero-order valence-corrected chi connectivity index (χ0v) is 17.4. The van der Waals surface area contributed by atoms with Crippen molar-refractivity contribution in [2.75, 3.05) is 19.5 Å². The molecule has 1 fully saturated rings. The van der Waals surface area contributed by atoms with Gasteiger partial charge < -0.3 is 14.5 Å². The minimum Gasteiger partial charge on any atom is -0.468 e. The van der Waals surface area contributed by atoms with Gasteiger partial charge in [-0.1, -0.05) is 48.5 Å². The molecule has 4 aromatic rings. The summed E-state index contributed by atoms with van der Waals surface area (Å²) in [6, 6.07) is 20.7. The lowest BCUT2D eigenvalue weighted by molar-refractivity contribution is -0.143. The number of halogens is 1. The molecule has 0 spiro atoms. The van der Waals surface area contributed by atoms with Gasteiger partial charge in [-0.3, -0.25) is 4.79 Å². The molecule has 31 heavy (non-hydrogen) atoms. The standard InChI is InChI=1S/C26H22FNO3/c1-28-23-21-15-20(27)11-12-22(21)31-24(23)18-5-3-16(4-6-18)17-7-9-19(10-8-17)26(13-14-26)25(29)30-2/h3-12,15,28H,13-14H2,1-2H3. The highest BCUT2D eigenvalue weighted by molar-refractivity contribution is 5.99. The molecule has 1 aromatic heterocycles. The van der Waals surface area contributed by atoms with Gasteiger partial charge in [0.2, 0.25) is 0 Å². The van der Waals surface area contributed by atoms with E-state index in [1.165, 1.54) is 19.2 Å². The number of rotatable bonds is 5. The number of benzene rings is 3. The molecule has 0 aliphatic heterocycles. The second-order valence-electron chi connectivity index (χ2n) is 7.93. The number of carbonyl (C=O) groups is 1. The third kappa shape index (κ3) is 3.17. The van der Waals surface area contributed by atoms with E-state index in [0.717, 1.165) is 46.2 Å². The first-order valence-corrected chi connectivity index (χ1v) is 10.3. The molecule has 0 amide bonds. The maximum absolute atomic E-state index is 13.7. The highest BCUT2D eigenvalue weighted by Crippen LogP contribution is 2.49. The number of hydrogen-bond acceptors (Lipinski definition) is 4. The van der Waals surface area contributed by atoms with Crippen LogP contribution in [0.15, 0.2) is 71.1 Å². The van der Waals surface area contributed by atoms with Gasteiger partial charge in [0, 0.05) is 18.0 Å². The Morgan fingerprint density at radius 3 is 2.16 bits per heavy atom. The molecule has 0 radical (unpaired) electrons. The third-order valence-electron chi connectivity index (χ3n) is 6.14. The van der Waals surface area contributed by atoms with Gasteiger partial charge in [0.15, 0.2) is 5.76 Å². The van der Waals surface area contributed by atoms with Gasteiger partial charge >= 0.3 is 5.97 Å². The molecule has 0 bridgehead atoms. The smallest absolute Gasteiger partial charge is 0.316 e. The average Bonchev–Trinajstić information content (AvgIpc) is 3.54. The maximum atomic E-state index is 13.7. The van der Waals surface area contributed by atoms with Crippen molar-refractivity contribution < 1.29 is 18.3 Å². The van der Waals surface area contributed by atoms with Crippen molar-refractivity contribution in [3.05, 3.63) is 78.1 Å². The van der Waals surface area contributed by atoms with E-state index in [1.54, 1.807) is 13.1 Å². The molecular formula is C26H22FNO3. The van der Waals surface area contributed by atoms with Crippen LogP contribution in [0.2, 0.25) is 0 Å². The van der Waals surface area contributed by atoms with Crippen LogP contribution >= 0.6 is 0 Å². The van der Waals surface area contributed by atoms with Gasteiger partial charge in [-0.15, -0.1) is 0 Å². The molecule has 3 aromatic carbocycles. The second kappa shape index (κ2) is 7.27. The number of methoxy groups -OCH3 is 1. The van der Waals surface area contributed by atoms with Crippen LogP contribution in [0.25, 0.3) is 33.4 Å². The van der Waals surface area contributed by atoms with Crippen molar-refractivity contribution in [2.45, 2.75) is 18.3 Å². The van der Waals surface area contributed by atoms with Gasteiger partial charge in [0.25, 0.3) is 0 Å². The molecule has 5 rings (SSSR count). The van der Waals surface area contributed by atoms with E-state index in [2.05, 4.69) is 5.32 Å². The molecule has 0 atom stereocenters. The fourth-order valence-corrected chi connectivity index (χ4v) is 4.25. The number of nitrogens with one attached hydrogen (secondary N) is 1. The highest BCUT2D eigenvalue weighted by Gasteiger charge is 2.52. The molecule has 0 unspecified atom stereocenters. The van der Waals surface area contributed by atoms with E-state index in [9.17, 15) is 9.18 Å². The summed E-state index contributed by atoms with van der Waals surface area (Å²) in [7, 11) is 3.24. The second-order valence-corrected chi connectivity index (χ2v) is 7.93. The molecule has 5 heteroatoms. The Bertz CT molecular complexity index is 1270. The van der Waals surface area contributed by atoms with Gasteiger partial charge in [0.1, 0.15) is 11.4 Å². The molecule has 1 saturated carbocycles. The Balaban J connectivity index is 1.45. The number of ether oxygens (including phenoxy) is 1. The fraction of sp³-hybridized carbons (Fsp3) is 0.192. The molecular weight excluding hydrogens is 393 g/mol. The number of hydrogen-bond donors (Lipinski definition) is 1. The first-order chi connectivity index (χ1) is 15.1. The van der Waals surface area contributed by atoms with Crippen LogP contribution in [-0.4, -0.2) is 20.1 Å². The lowest BCUT2D eigenvalue weighted by Crippen LogP contribution is -2.21. The van der Waals surface area contributed by atoms with Crippen LogP contribution in [0, 0.1) is 5.82 Å². The predicted molar refractivity (Wildman–Crippen MR) is 120 cm³/mol. The number of carbonyl (C=O) groups excluding carboxylic acids is 1. The van der Waals surface area contributed by atoms with Gasteiger partial charge in [-0.2, -0.15) is 0 Å². The van der Waals surface area contributed by atoms with Crippen LogP contribution in [0.5, 0.6) is 0 Å². The zero-order valence-electron chi connectivity index (χ0n) is 17.4. The van der Waals surface area contributed by atoms with Crippen LogP contribution in [0.4, 0.5) is 10.1 Å². The molecule has 156 valence electrons. The van der Waals surface area contributed by atoms with E-state index in [0.29, 0.717) is 11.3 Å². The lowest BCUT2D eigenvalue weighted by atomic mass is 9.93. The van der Waals surface area contributed by atoms with E-state index in [1.807, 2.05) is 48.5 Å². The maximum Gasteiger partial charge on any atom is 0.316 e. The molecule has 1 N–H and O–H groups in total. The number of anilines is 1. The molecule has 1 aliphatic rings. The van der Waals surface area contributed by atoms with Gasteiger partial charge in [0.05, 0.1) is 18.2 Å². The minimum absolute atomic E-state index is 0.157. The number of fused-ring (bicyclic) bond motifs is 1. The summed E-state index contributed by atoms with van der Waals surface area (Å²) in [4.78, 5) is 12.1. The van der Waals surface area contributed by atoms with Crippen molar-refractivity contribution in [1.29, 1.82) is 0 Å². The summed E-state index contributed by atoms with van der Waals surface area (Å²) >= 11 is 0. The Morgan fingerprint density at radius 1 is 0.968 bits per heavy atom. The van der Waals surface area contributed by atoms with Crippen molar-refractivity contribution in [1.82, 2.24) is 0 Å². The van der Waals surface area contributed by atoms with Crippen molar-refractivity contribution in [3.8, 4) is 22.5 Å². The highest BCUT2D eigenvalue weighted by atomic mass is 19.1. The summed E-state index contributed by atoms with van der Waals surface area (Å²) in [6.45, 7) is 0. The molecule has 4 nitrogen and oxygen atoms in total. The summed E-state index contributed by atoms with van der Waals surface area (Å²) < 4.78 is 24.7. The summed E-state index contributed by atoms with van der Waals surface area (Å²) in [5.41, 5.74) is 4.99. The minimum atomic E-state index is -0.457. The van der Waals surface area contributed by atoms with Crippen LogP contribution < -0.4 is 5.32 Å². The van der Waals surface area contributed by atoms with Crippen molar-refractivity contribution in [3.63, 3.8) is 0 Å². The monoisotopic (exact) mass is 415 g/mol. The quantitative estimate of drug-likeness (QED) is 0.397. The van der Waals surface area contributed by atoms with Gasteiger partial charge in [-0.05, 0) is 47.7 Å². The largest absolute Gasteiger partial charge is 0.468 e. The third-order valence-corrected chi connectivity index (χ3v) is 6.14.